The zero-order chi connectivity index (χ0) is 23.5. The van der Waals surface area contributed by atoms with Gasteiger partial charge in [0.15, 0.2) is 0 Å². The maximum Gasteiger partial charge on any atom is 0.282 e. The van der Waals surface area contributed by atoms with Gasteiger partial charge in [0.25, 0.3) is 11.8 Å². The SMILES string of the molecule is CC(=O)Nc1ccc(NC2=C(c3cccs3)C(=O)N(c3ccc(OC(C)C)cc3)C2=O)cc1. The summed E-state index contributed by atoms with van der Waals surface area (Å²) in [6.45, 7) is 5.29. The highest BCUT2D eigenvalue weighted by molar-refractivity contribution is 7.11. The van der Waals surface area contributed by atoms with Gasteiger partial charge in [0.1, 0.15) is 11.4 Å². The van der Waals surface area contributed by atoms with Gasteiger partial charge in [-0.05, 0) is 73.8 Å². The minimum Gasteiger partial charge on any atom is -0.491 e. The van der Waals surface area contributed by atoms with Crippen molar-refractivity contribution in [3.05, 3.63) is 76.6 Å². The molecule has 2 N–H and O–H groups in total. The number of imide groups is 1. The maximum absolute atomic E-state index is 13.4. The van der Waals surface area contributed by atoms with Crippen molar-refractivity contribution in [3.8, 4) is 5.75 Å². The number of thiophene rings is 1. The molecule has 1 aromatic heterocycles. The third-order valence-electron chi connectivity index (χ3n) is 4.79. The van der Waals surface area contributed by atoms with E-state index in [1.165, 1.54) is 23.2 Å². The molecule has 33 heavy (non-hydrogen) atoms. The molecule has 0 spiro atoms. The van der Waals surface area contributed by atoms with Gasteiger partial charge in [0.05, 0.1) is 17.4 Å². The fourth-order valence-electron chi connectivity index (χ4n) is 3.46. The van der Waals surface area contributed by atoms with Crippen LogP contribution in [0, 0.1) is 0 Å². The second-order valence-corrected chi connectivity index (χ2v) is 8.66. The van der Waals surface area contributed by atoms with Crippen molar-refractivity contribution in [2.24, 2.45) is 0 Å². The molecular formula is C25H23N3O4S. The van der Waals surface area contributed by atoms with Gasteiger partial charge in [-0.1, -0.05) is 6.07 Å². The number of rotatable bonds is 7. The zero-order valence-electron chi connectivity index (χ0n) is 18.4. The van der Waals surface area contributed by atoms with E-state index in [4.69, 9.17) is 4.74 Å². The Hall–Kier alpha value is -3.91. The van der Waals surface area contributed by atoms with Crippen LogP contribution in [0.1, 0.15) is 25.6 Å². The molecule has 7 nitrogen and oxygen atoms in total. The summed E-state index contributed by atoms with van der Waals surface area (Å²) in [6.07, 6.45) is 0.0193. The van der Waals surface area contributed by atoms with Crippen molar-refractivity contribution in [3.63, 3.8) is 0 Å². The van der Waals surface area contributed by atoms with Gasteiger partial charge >= 0.3 is 0 Å². The first-order chi connectivity index (χ1) is 15.8. The van der Waals surface area contributed by atoms with Crippen LogP contribution in [0.4, 0.5) is 17.1 Å². The van der Waals surface area contributed by atoms with E-state index >= 15 is 0 Å². The number of benzene rings is 2. The zero-order valence-corrected chi connectivity index (χ0v) is 19.2. The van der Waals surface area contributed by atoms with Gasteiger partial charge in [-0.3, -0.25) is 14.4 Å². The topological polar surface area (TPSA) is 87.7 Å². The van der Waals surface area contributed by atoms with E-state index in [-0.39, 0.29) is 17.7 Å². The monoisotopic (exact) mass is 461 g/mol. The number of carbonyl (C=O) groups excluding carboxylic acids is 3. The highest BCUT2D eigenvalue weighted by atomic mass is 32.1. The molecule has 0 atom stereocenters. The quantitative estimate of drug-likeness (QED) is 0.489. The van der Waals surface area contributed by atoms with Gasteiger partial charge in [-0.15, -0.1) is 11.3 Å². The van der Waals surface area contributed by atoms with Crippen LogP contribution in [0.3, 0.4) is 0 Å². The van der Waals surface area contributed by atoms with Crippen molar-refractivity contribution < 1.29 is 19.1 Å². The number of anilines is 3. The molecule has 0 unspecified atom stereocenters. The summed E-state index contributed by atoms with van der Waals surface area (Å²) < 4.78 is 5.66. The third-order valence-corrected chi connectivity index (χ3v) is 5.68. The number of amides is 3. The summed E-state index contributed by atoms with van der Waals surface area (Å²) in [5, 5.41) is 7.68. The van der Waals surface area contributed by atoms with Crippen molar-refractivity contribution in [2.75, 3.05) is 15.5 Å². The van der Waals surface area contributed by atoms with Crippen LogP contribution in [0.5, 0.6) is 5.75 Å². The van der Waals surface area contributed by atoms with Gasteiger partial charge in [0, 0.05) is 23.2 Å². The maximum atomic E-state index is 13.4. The Balaban J connectivity index is 1.65. The lowest BCUT2D eigenvalue weighted by atomic mass is 10.2. The van der Waals surface area contributed by atoms with Crippen molar-refractivity contribution in [2.45, 2.75) is 26.9 Å². The van der Waals surface area contributed by atoms with E-state index in [2.05, 4.69) is 10.6 Å². The van der Waals surface area contributed by atoms with Crippen LogP contribution in [-0.2, 0) is 14.4 Å². The predicted molar refractivity (Wildman–Crippen MR) is 130 cm³/mol. The molecule has 1 aliphatic rings. The molecule has 8 heteroatoms. The first-order valence-electron chi connectivity index (χ1n) is 10.4. The lowest BCUT2D eigenvalue weighted by Gasteiger charge is -2.16. The Kier molecular flexibility index (Phi) is 6.28. The van der Waals surface area contributed by atoms with Crippen LogP contribution in [0.2, 0.25) is 0 Å². The normalized spacial score (nSPS) is 13.6. The van der Waals surface area contributed by atoms with E-state index in [9.17, 15) is 14.4 Å². The Morgan fingerprint density at radius 3 is 2.18 bits per heavy atom. The Labute approximate surface area is 195 Å². The number of hydrogen-bond donors (Lipinski definition) is 2. The van der Waals surface area contributed by atoms with Gasteiger partial charge in [-0.25, -0.2) is 4.90 Å². The van der Waals surface area contributed by atoms with E-state index < -0.39 is 11.8 Å². The van der Waals surface area contributed by atoms with Crippen LogP contribution < -0.4 is 20.3 Å². The largest absolute Gasteiger partial charge is 0.491 e. The summed E-state index contributed by atoms with van der Waals surface area (Å²) in [7, 11) is 0. The molecule has 0 aliphatic carbocycles. The summed E-state index contributed by atoms with van der Waals surface area (Å²) in [5.74, 6) is -0.337. The van der Waals surface area contributed by atoms with Gasteiger partial charge in [0.2, 0.25) is 5.91 Å². The fraction of sp³-hybridized carbons (Fsp3) is 0.160. The van der Waals surface area contributed by atoms with Crippen LogP contribution in [0.15, 0.2) is 71.7 Å². The van der Waals surface area contributed by atoms with E-state index in [0.717, 1.165) is 0 Å². The molecule has 4 rings (SSSR count). The molecule has 0 saturated carbocycles. The number of ether oxygens (including phenoxy) is 1. The van der Waals surface area contributed by atoms with E-state index in [0.29, 0.717) is 33.3 Å². The number of hydrogen-bond acceptors (Lipinski definition) is 6. The number of carbonyl (C=O) groups is 3. The van der Waals surface area contributed by atoms with Gasteiger partial charge in [-0.2, -0.15) is 0 Å². The summed E-state index contributed by atoms with van der Waals surface area (Å²) in [4.78, 5) is 39.9. The molecule has 168 valence electrons. The molecule has 0 saturated heterocycles. The minimum absolute atomic E-state index is 0.0193. The number of nitrogens with zero attached hydrogens (tertiary/aromatic N) is 1. The molecular weight excluding hydrogens is 438 g/mol. The molecule has 0 bridgehead atoms. The fourth-order valence-corrected chi connectivity index (χ4v) is 4.23. The molecule has 0 radical (unpaired) electrons. The highest BCUT2D eigenvalue weighted by Crippen LogP contribution is 2.36. The van der Waals surface area contributed by atoms with Crippen LogP contribution in [0.25, 0.3) is 5.57 Å². The second kappa shape index (κ2) is 9.30. The average molecular weight is 462 g/mol. The Bertz CT molecular complexity index is 1210. The standard InChI is InChI=1S/C25H23N3O4S/c1-15(2)32-20-12-10-19(11-13-20)28-24(30)22(21-5-4-14-33-21)23(25(28)31)27-18-8-6-17(7-9-18)26-16(3)29/h4-15,27H,1-3H3,(H,26,29). The van der Waals surface area contributed by atoms with Crippen molar-refractivity contribution in [1.82, 2.24) is 0 Å². The second-order valence-electron chi connectivity index (χ2n) is 7.72. The Morgan fingerprint density at radius 2 is 1.61 bits per heavy atom. The molecule has 2 aromatic carbocycles. The number of nitrogens with one attached hydrogen (secondary N) is 2. The molecule has 1 aliphatic heterocycles. The highest BCUT2D eigenvalue weighted by Gasteiger charge is 2.40. The van der Waals surface area contributed by atoms with Crippen LogP contribution >= 0.6 is 11.3 Å². The molecule has 3 amide bonds. The lowest BCUT2D eigenvalue weighted by Crippen LogP contribution is -2.32. The first-order valence-corrected chi connectivity index (χ1v) is 11.3. The van der Waals surface area contributed by atoms with Gasteiger partial charge < -0.3 is 15.4 Å². The summed E-state index contributed by atoms with van der Waals surface area (Å²) >= 11 is 1.39. The molecule has 0 fully saturated rings. The summed E-state index contributed by atoms with van der Waals surface area (Å²) in [5.41, 5.74) is 2.25. The average Bonchev–Trinajstić information content (AvgIpc) is 3.36. The lowest BCUT2D eigenvalue weighted by molar-refractivity contribution is -0.120. The van der Waals surface area contributed by atoms with Crippen molar-refractivity contribution in [1.29, 1.82) is 0 Å². The minimum atomic E-state index is -0.438. The molecule has 3 aromatic rings. The Morgan fingerprint density at radius 1 is 0.939 bits per heavy atom. The van der Waals surface area contributed by atoms with E-state index in [1.807, 2.05) is 31.4 Å². The van der Waals surface area contributed by atoms with Crippen LogP contribution in [-0.4, -0.2) is 23.8 Å². The van der Waals surface area contributed by atoms with Crippen molar-refractivity contribution >= 4 is 51.7 Å². The van der Waals surface area contributed by atoms with E-state index in [1.54, 1.807) is 48.5 Å². The molecule has 2 heterocycles. The smallest absolute Gasteiger partial charge is 0.282 e. The predicted octanol–water partition coefficient (Wildman–Crippen LogP) is 4.89. The third kappa shape index (κ3) is 4.80. The first kappa shape index (κ1) is 22.3. The summed E-state index contributed by atoms with van der Waals surface area (Å²) in [6, 6.07) is 17.5.